The van der Waals surface area contributed by atoms with Gasteiger partial charge in [-0.05, 0) is 55.3 Å². The number of anilines is 2. The molecule has 0 spiro atoms. The van der Waals surface area contributed by atoms with Gasteiger partial charge in [0.1, 0.15) is 6.54 Å². The molecule has 1 saturated heterocycles. The zero-order chi connectivity index (χ0) is 22.5. The zero-order valence-corrected chi connectivity index (χ0v) is 17.7. The summed E-state index contributed by atoms with van der Waals surface area (Å²) < 4.78 is 4.48. The quantitative estimate of drug-likeness (QED) is 0.693. The van der Waals surface area contributed by atoms with Crippen LogP contribution in [0.1, 0.15) is 27.9 Å². The van der Waals surface area contributed by atoms with E-state index in [-0.39, 0.29) is 24.8 Å². The molecule has 0 aromatic heterocycles. The lowest BCUT2D eigenvalue weighted by atomic mass is 10.1. The van der Waals surface area contributed by atoms with Gasteiger partial charge in [0.2, 0.25) is 11.8 Å². The first kappa shape index (κ1) is 22.0. The summed E-state index contributed by atoms with van der Waals surface area (Å²) in [7, 11) is 1.24. The molecule has 0 aliphatic carbocycles. The van der Waals surface area contributed by atoms with Gasteiger partial charge in [0, 0.05) is 29.9 Å². The van der Waals surface area contributed by atoms with Gasteiger partial charge < -0.3 is 20.3 Å². The molecule has 1 aliphatic rings. The Balaban J connectivity index is 1.60. The second-order valence-corrected chi connectivity index (χ2v) is 7.45. The lowest BCUT2D eigenvalue weighted by Crippen LogP contribution is -2.30. The number of carbonyl (C=O) groups is 4. The van der Waals surface area contributed by atoms with E-state index in [0.717, 1.165) is 16.8 Å². The molecule has 31 heavy (non-hydrogen) atoms. The molecule has 1 unspecified atom stereocenters. The molecule has 1 aliphatic heterocycles. The van der Waals surface area contributed by atoms with Gasteiger partial charge in [0.05, 0.1) is 13.0 Å². The van der Waals surface area contributed by atoms with Crippen LogP contribution in [0.3, 0.4) is 0 Å². The summed E-state index contributed by atoms with van der Waals surface area (Å²) in [6, 6.07) is 12.1. The van der Waals surface area contributed by atoms with E-state index in [0.29, 0.717) is 17.8 Å². The lowest BCUT2D eigenvalue weighted by Gasteiger charge is -2.20. The number of nitrogens with one attached hydrogen (secondary N) is 2. The third kappa shape index (κ3) is 5.09. The van der Waals surface area contributed by atoms with Gasteiger partial charge >= 0.3 is 5.97 Å². The highest BCUT2D eigenvalue weighted by Gasteiger charge is 2.35. The highest BCUT2D eigenvalue weighted by molar-refractivity contribution is 6.04. The molecule has 3 amide bonds. The number of hydrogen-bond donors (Lipinski definition) is 2. The van der Waals surface area contributed by atoms with Crippen LogP contribution in [-0.4, -0.2) is 43.9 Å². The first-order valence-corrected chi connectivity index (χ1v) is 9.92. The topological polar surface area (TPSA) is 105 Å². The second-order valence-electron chi connectivity index (χ2n) is 7.45. The Morgan fingerprint density at radius 3 is 2.48 bits per heavy atom. The molecular weight excluding hydrogens is 398 g/mol. The minimum atomic E-state index is -0.543. The maximum absolute atomic E-state index is 12.7. The molecule has 2 aromatic carbocycles. The van der Waals surface area contributed by atoms with Gasteiger partial charge in [-0.25, -0.2) is 0 Å². The standard InChI is InChI=1S/C23H25N3O5/c1-14-5-4-6-19(15(14)2)26-13-17(11-20(26)27)23(30)25-18-9-7-16(8-10-18)22(29)24-12-21(28)31-3/h4-10,17H,11-13H2,1-3H3,(H,24,29)(H,25,30). The molecular formula is C23H25N3O5. The number of ether oxygens (including phenoxy) is 1. The number of aryl methyl sites for hydroxylation is 1. The third-order valence-electron chi connectivity index (χ3n) is 5.40. The summed E-state index contributed by atoms with van der Waals surface area (Å²) in [6.07, 6.45) is 0.146. The van der Waals surface area contributed by atoms with Crippen LogP contribution in [0.4, 0.5) is 11.4 Å². The average molecular weight is 423 g/mol. The van der Waals surface area contributed by atoms with E-state index in [2.05, 4.69) is 15.4 Å². The Bertz CT molecular complexity index is 1020. The molecule has 3 rings (SSSR count). The Labute approximate surface area is 180 Å². The molecule has 2 N–H and O–H groups in total. The summed E-state index contributed by atoms with van der Waals surface area (Å²) >= 11 is 0. The van der Waals surface area contributed by atoms with Crippen molar-refractivity contribution in [3.63, 3.8) is 0 Å². The Morgan fingerprint density at radius 2 is 1.81 bits per heavy atom. The van der Waals surface area contributed by atoms with Gasteiger partial charge in [0.15, 0.2) is 0 Å². The molecule has 0 saturated carbocycles. The zero-order valence-electron chi connectivity index (χ0n) is 17.7. The summed E-state index contributed by atoms with van der Waals surface area (Å²) in [4.78, 5) is 50.0. The van der Waals surface area contributed by atoms with Crippen LogP contribution in [0.25, 0.3) is 0 Å². The van der Waals surface area contributed by atoms with Crippen LogP contribution in [0.2, 0.25) is 0 Å². The number of rotatable bonds is 6. The summed E-state index contributed by atoms with van der Waals surface area (Å²) in [6.45, 7) is 4.06. The lowest BCUT2D eigenvalue weighted by molar-refractivity contribution is -0.139. The molecule has 8 heteroatoms. The highest BCUT2D eigenvalue weighted by atomic mass is 16.5. The fourth-order valence-electron chi connectivity index (χ4n) is 3.42. The van der Waals surface area contributed by atoms with Crippen molar-refractivity contribution in [1.29, 1.82) is 0 Å². The molecule has 0 bridgehead atoms. The van der Waals surface area contributed by atoms with Crippen LogP contribution in [0.15, 0.2) is 42.5 Å². The summed E-state index contributed by atoms with van der Waals surface area (Å²) in [5, 5.41) is 5.25. The van der Waals surface area contributed by atoms with Crippen LogP contribution >= 0.6 is 0 Å². The number of esters is 1. The van der Waals surface area contributed by atoms with Gasteiger partial charge in [-0.15, -0.1) is 0 Å². The van der Waals surface area contributed by atoms with E-state index in [1.165, 1.54) is 7.11 Å². The highest BCUT2D eigenvalue weighted by Crippen LogP contribution is 2.30. The van der Waals surface area contributed by atoms with Gasteiger partial charge in [-0.3, -0.25) is 19.2 Å². The second kappa shape index (κ2) is 9.42. The van der Waals surface area contributed by atoms with Crippen molar-refractivity contribution in [3.05, 3.63) is 59.2 Å². The van der Waals surface area contributed by atoms with Crippen molar-refractivity contribution in [3.8, 4) is 0 Å². The van der Waals surface area contributed by atoms with Crippen LogP contribution in [0.5, 0.6) is 0 Å². The van der Waals surface area contributed by atoms with Crippen molar-refractivity contribution in [2.45, 2.75) is 20.3 Å². The van der Waals surface area contributed by atoms with E-state index >= 15 is 0 Å². The molecule has 1 heterocycles. The minimum absolute atomic E-state index is 0.0773. The van der Waals surface area contributed by atoms with Crippen molar-refractivity contribution in [2.24, 2.45) is 5.92 Å². The van der Waals surface area contributed by atoms with E-state index in [1.54, 1.807) is 29.2 Å². The maximum Gasteiger partial charge on any atom is 0.325 e. The van der Waals surface area contributed by atoms with Crippen molar-refractivity contribution < 1.29 is 23.9 Å². The van der Waals surface area contributed by atoms with Crippen LogP contribution in [-0.2, 0) is 19.1 Å². The molecule has 2 aromatic rings. The fourth-order valence-corrected chi connectivity index (χ4v) is 3.42. The van der Waals surface area contributed by atoms with Gasteiger partial charge in [-0.2, -0.15) is 0 Å². The average Bonchev–Trinajstić information content (AvgIpc) is 3.15. The van der Waals surface area contributed by atoms with Crippen molar-refractivity contribution in [1.82, 2.24) is 5.32 Å². The maximum atomic E-state index is 12.7. The molecule has 162 valence electrons. The monoisotopic (exact) mass is 423 g/mol. The van der Waals surface area contributed by atoms with E-state index in [1.807, 2.05) is 32.0 Å². The number of nitrogens with zero attached hydrogens (tertiary/aromatic N) is 1. The van der Waals surface area contributed by atoms with Gasteiger partial charge in [0.25, 0.3) is 5.91 Å². The fraction of sp³-hybridized carbons (Fsp3) is 0.304. The van der Waals surface area contributed by atoms with E-state index < -0.39 is 17.8 Å². The number of carbonyl (C=O) groups excluding carboxylic acids is 4. The van der Waals surface area contributed by atoms with E-state index in [4.69, 9.17) is 0 Å². The normalized spacial score (nSPS) is 15.5. The first-order chi connectivity index (χ1) is 14.8. The predicted octanol–water partition coefficient (Wildman–Crippen LogP) is 2.20. The predicted molar refractivity (Wildman–Crippen MR) is 116 cm³/mol. The first-order valence-electron chi connectivity index (χ1n) is 9.92. The smallest absolute Gasteiger partial charge is 0.325 e. The Morgan fingerprint density at radius 1 is 1.10 bits per heavy atom. The molecule has 1 atom stereocenters. The summed E-state index contributed by atoms with van der Waals surface area (Å²) in [5.41, 5.74) is 3.82. The number of hydrogen-bond acceptors (Lipinski definition) is 5. The minimum Gasteiger partial charge on any atom is -0.468 e. The summed E-state index contributed by atoms with van der Waals surface area (Å²) in [5.74, 6) is -1.75. The number of benzene rings is 2. The molecule has 0 radical (unpaired) electrons. The van der Waals surface area contributed by atoms with Crippen molar-refractivity contribution >= 4 is 35.1 Å². The van der Waals surface area contributed by atoms with E-state index in [9.17, 15) is 19.2 Å². The number of methoxy groups -OCH3 is 1. The SMILES string of the molecule is COC(=O)CNC(=O)c1ccc(NC(=O)C2CC(=O)N(c3cccc(C)c3C)C2)cc1. The largest absolute Gasteiger partial charge is 0.468 e. The molecule has 1 fully saturated rings. The van der Waals surface area contributed by atoms with Gasteiger partial charge in [-0.1, -0.05) is 12.1 Å². The molecule has 8 nitrogen and oxygen atoms in total. The number of amides is 3. The van der Waals surface area contributed by atoms with Crippen LogP contribution < -0.4 is 15.5 Å². The third-order valence-corrected chi connectivity index (χ3v) is 5.40. The Hall–Kier alpha value is -3.68. The Kier molecular flexibility index (Phi) is 6.69. The van der Waals surface area contributed by atoms with Crippen molar-refractivity contribution in [2.75, 3.05) is 30.4 Å². The van der Waals surface area contributed by atoms with Crippen LogP contribution in [0, 0.1) is 19.8 Å².